The molecule has 1 aromatic rings. The van der Waals surface area contributed by atoms with Crippen LogP contribution in [0, 0.1) is 5.82 Å². The van der Waals surface area contributed by atoms with Crippen LogP contribution in [-0.2, 0) is 10.0 Å². The third kappa shape index (κ3) is 2.45. The van der Waals surface area contributed by atoms with E-state index in [1.807, 2.05) is 0 Å². The third-order valence-corrected chi connectivity index (χ3v) is 6.41. The Kier molecular flexibility index (Phi) is 3.75. The van der Waals surface area contributed by atoms with Gasteiger partial charge in [-0.15, -0.1) is 0 Å². The summed E-state index contributed by atoms with van der Waals surface area (Å²) in [6.07, 6.45) is 2.15. The Morgan fingerprint density at radius 3 is 2.80 bits per heavy atom. The fourth-order valence-electron chi connectivity index (χ4n) is 3.00. The molecule has 0 saturated carbocycles. The minimum absolute atomic E-state index is 0.00739. The van der Waals surface area contributed by atoms with Crippen molar-refractivity contribution < 1.29 is 12.8 Å². The lowest BCUT2D eigenvalue weighted by atomic mass is 10.2. The van der Waals surface area contributed by atoms with Gasteiger partial charge in [-0.05, 0) is 37.6 Å². The van der Waals surface area contributed by atoms with Gasteiger partial charge in [0.25, 0.3) is 0 Å². The summed E-state index contributed by atoms with van der Waals surface area (Å²) in [6.45, 7) is 2.77. The SMILES string of the molecule is O=S(=O)(c1ccc(F)cc1Cl)N1CCN2CCC[C@@H]2C1. The van der Waals surface area contributed by atoms with E-state index in [0.29, 0.717) is 19.1 Å². The molecule has 0 N–H and O–H groups in total. The van der Waals surface area contributed by atoms with Crippen LogP contribution in [-0.4, -0.2) is 49.8 Å². The normalized spacial score (nSPS) is 24.8. The highest BCUT2D eigenvalue weighted by atomic mass is 35.5. The molecule has 0 amide bonds. The second-order valence-electron chi connectivity index (χ2n) is 5.27. The summed E-state index contributed by atoms with van der Waals surface area (Å²) >= 11 is 5.89. The van der Waals surface area contributed by atoms with Gasteiger partial charge < -0.3 is 0 Å². The van der Waals surface area contributed by atoms with Gasteiger partial charge in [0.1, 0.15) is 10.7 Å². The smallest absolute Gasteiger partial charge is 0.244 e. The number of piperazine rings is 1. The van der Waals surface area contributed by atoms with Crippen molar-refractivity contribution in [2.24, 2.45) is 0 Å². The standard InChI is InChI=1S/C13H16ClFN2O2S/c14-12-8-10(15)3-4-13(12)20(18,19)17-7-6-16-5-1-2-11(16)9-17/h3-4,8,11H,1-2,5-7,9H2/t11-/m1/s1. The van der Waals surface area contributed by atoms with Crippen molar-refractivity contribution >= 4 is 21.6 Å². The van der Waals surface area contributed by atoms with Crippen LogP contribution >= 0.6 is 11.6 Å². The number of benzene rings is 1. The molecule has 0 unspecified atom stereocenters. The molecule has 0 aromatic heterocycles. The van der Waals surface area contributed by atoms with Gasteiger partial charge in [-0.1, -0.05) is 11.6 Å². The maximum absolute atomic E-state index is 13.1. The summed E-state index contributed by atoms with van der Waals surface area (Å²) in [7, 11) is -3.64. The number of hydrogen-bond acceptors (Lipinski definition) is 3. The molecular formula is C13H16ClFN2O2S. The molecule has 7 heteroatoms. The lowest BCUT2D eigenvalue weighted by molar-refractivity contribution is 0.158. The van der Waals surface area contributed by atoms with E-state index in [2.05, 4.69) is 4.90 Å². The number of halogens is 2. The Bertz CT molecular complexity index is 623. The zero-order valence-corrected chi connectivity index (χ0v) is 12.5. The van der Waals surface area contributed by atoms with Crippen molar-refractivity contribution in [1.29, 1.82) is 0 Å². The zero-order chi connectivity index (χ0) is 14.3. The van der Waals surface area contributed by atoms with Crippen molar-refractivity contribution in [3.05, 3.63) is 29.0 Å². The quantitative estimate of drug-likeness (QED) is 0.837. The van der Waals surface area contributed by atoms with E-state index in [4.69, 9.17) is 11.6 Å². The predicted octanol–water partition coefficient (Wildman–Crippen LogP) is 1.95. The van der Waals surface area contributed by atoms with Gasteiger partial charge >= 0.3 is 0 Å². The molecule has 2 aliphatic rings. The van der Waals surface area contributed by atoms with Crippen LogP contribution < -0.4 is 0 Å². The van der Waals surface area contributed by atoms with E-state index >= 15 is 0 Å². The summed E-state index contributed by atoms with van der Waals surface area (Å²) in [4.78, 5) is 2.32. The van der Waals surface area contributed by atoms with E-state index in [0.717, 1.165) is 38.1 Å². The summed E-state index contributed by atoms with van der Waals surface area (Å²) in [5.74, 6) is -0.533. The highest BCUT2D eigenvalue weighted by Crippen LogP contribution is 2.29. The molecule has 20 heavy (non-hydrogen) atoms. The molecule has 4 nitrogen and oxygen atoms in total. The molecule has 0 aliphatic carbocycles. The number of fused-ring (bicyclic) bond motifs is 1. The minimum atomic E-state index is -3.64. The maximum atomic E-state index is 13.1. The number of nitrogens with zero attached hydrogens (tertiary/aromatic N) is 2. The fourth-order valence-corrected chi connectivity index (χ4v) is 4.98. The van der Waals surface area contributed by atoms with E-state index in [1.165, 1.54) is 10.4 Å². The number of hydrogen-bond donors (Lipinski definition) is 0. The average Bonchev–Trinajstić information content (AvgIpc) is 2.85. The van der Waals surface area contributed by atoms with E-state index in [9.17, 15) is 12.8 Å². The summed E-state index contributed by atoms with van der Waals surface area (Å²) in [6, 6.07) is 3.72. The summed E-state index contributed by atoms with van der Waals surface area (Å²) < 4.78 is 39.7. The molecule has 0 spiro atoms. The molecule has 3 rings (SSSR count). The van der Waals surface area contributed by atoms with Gasteiger partial charge in [0.05, 0.1) is 5.02 Å². The van der Waals surface area contributed by atoms with E-state index in [-0.39, 0.29) is 9.92 Å². The van der Waals surface area contributed by atoms with Crippen molar-refractivity contribution in [3.63, 3.8) is 0 Å². The second-order valence-corrected chi connectivity index (χ2v) is 7.58. The first-order chi connectivity index (χ1) is 9.48. The Balaban J connectivity index is 1.88. The first kappa shape index (κ1) is 14.3. The summed E-state index contributed by atoms with van der Waals surface area (Å²) in [5, 5.41) is -0.0566. The third-order valence-electron chi connectivity index (χ3n) is 4.06. The highest BCUT2D eigenvalue weighted by Gasteiger charge is 2.36. The lowest BCUT2D eigenvalue weighted by Crippen LogP contribution is -2.51. The Morgan fingerprint density at radius 1 is 1.25 bits per heavy atom. The molecule has 2 aliphatic heterocycles. The molecule has 2 saturated heterocycles. The minimum Gasteiger partial charge on any atom is -0.298 e. The van der Waals surface area contributed by atoms with Crippen LogP contribution in [0.25, 0.3) is 0 Å². The second kappa shape index (κ2) is 5.26. The van der Waals surface area contributed by atoms with E-state index < -0.39 is 15.8 Å². The molecular weight excluding hydrogens is 303 g/mol. The predicted molar refractivity (Wildman–Crippen MR) is 74.8 cm³/mol. The highest BCUT2D eigenvalue weighted by molar-refractivity contribution is 7.89. The van der Waals surface area contributed by atoms with Gasteiger partial charge in [-0.25, -0.2) is 12.8 Å². The van der Waals surface area contributed by atoms with Gasteiger partial charge in [0, 0.05) is 25.7 Å². The maximum Gasteiger partial charge on any atom is 0.244 e. The average molecular weight is 319 g/mol. The van der Waals surface area contributed by atoms with Crippen molar-refractivity contribution in [2.45, 2.75) is 23.8 Å². The van der Waals surface area contributed by atoms with Crippen LogP contribution in [0.5, 0.6) is 0 Å². The topological polar surface area (TPSA) is 40.6 Å². The van der Waals surface area contributed by atoms with Gasteiger partial charge in [-0.2, -0.15) is 4.31 Å². The monoisotopic (exact) mass is 318 g/mol. The lowest BCUT2D eigenvalue weighted by Gasteiger charge is -2.36. The van der Waals surface area contributed by atoms with Gasteiger partial charge in [0.2, 0.25) is 10.0 Å². The number of sulfonamides is 1. The molecule has 2 fully saturated rings. The molecule has 2 heterocycles. The van der Waals surface area contributed by atoms with Crippen molar-refractivity contribution in [2.75, 3.05) is 26.2 Å². The van der Waals surface area contributed by atoms with Gasteiger partial charge in [0.15, 0.2) is 0 Å². The first-order valence-electron chi connectivity index (χ1n) is 6.68. The largest absolute Gasteiger partial charge is 0.298 e. The van der Waals surface area contributed by atoms with E-state index in [1.54, 1.807) is 0 Å². The first-order valence-corrected chi connectivity index (χ1v) is 8.49. The molecule has 110 valence electrons. The Hall–Kier alpha value is -0.690. The fraction of sp³-hybridized carbons (Fsp3) is 0.538. The van der Waals surface area contributed by atoms with Gasteiger partial charge in [-0.3, -0.25) is 4.90 Å². The molecule has 1 atom stereocenters. The van der Waals surface area contributed by atoms with Crippen LogP contribution in [0.3, 0.4) is 0 Å². The molecule has 0 radical (unpaired) electrons. The van der Waals surface area contributed by atoms with Crippen LogP contribution in [0.15, 0.2) is 23.1 Å². The Morgan fingerprint density at radius 2 is 2.05 bits per heavy atom. The van der Waals surface area contributed by atoms with Crippen molar-refractivity contribution in [3.8, 4) is 0 Å². The van der Waals surface area contributed by atoms with Crippen LogP contribution in [0.1, 0.15) is 12.8 Å². The molecule has 1 aromatic carbocycles. The zero-order valence-electron chi connectivity index (χ0n) is 10.9. The van der Waals surface area contributed by atoms with Crippen LogP contribution in [0.4, 0.5) is 4.39 Å². The van der Waals surface area contributed by atoms with Crippen LogP contribution in [0.2, 0.25) is 5.02 Å². The van der Waals surface area contributed by atoms with Crippen molar-refractivity contribution in [1.82, 2.24) is 9.21 Å². The number of rotatable bonds is 2. The summed E-state index contributed by atoms with van der Waals surface area (Å²) in [5.41, 5.74) is 0. The Labute approximate surface area is 123 Å². The molecule has 0 bridgehead atoms.